The standard InChI is InChI=1S/C13H16BrNO4/c1-3-9-4-5-11(10(14)6-9)19-7-12(16)15-8(2)13(17)18/h4-6,8H,3,7H2,1-2H3,(H,15,16)(H,17,18). The average Bonchev–Trinajstić information content (AvgIpc) is 2.36. The highest BCUT2D eigenvalue weighted by Gasteiger charge is 2.14. The van der Waals surface area contributed by atoms with E-state index in [1.807, 2.05) is 19.1 Å². The molecule has 0 heterocycles. The van der Waals surface area contributed by atoms with Crippen molar-refractivity contribution in [3.05, 3.63) is 28.2 Å². The first-order chi connectivity index (χ1) is 8.93. The lowest BCUT2D eigenvalue weighted by Gasteiger charge is -2.11. The van der Waals surface area contributed by atoms with Crippen LogP contribution < -0.4 is 10.1 Å². The molecule has 0 aromatic heterocycles. The van der Waals surface area contributed by atoms with E-state index >= 15 is 0 Å². The Kier molecular flexibility index (Phi) is 5.82. The Balaban J connectivity index is 2.53. The highest BCUT2D eigenvalue weighted by Crippen LogP contribution is 2.26. The first-order valence-corrected chi connectivity index (χ1v) is 6.66. The maximum Gasteiger partial charge on any atom is 0.325 e. The minimum atomic E-state index is -1.08. The molecule has 1 amide bonds. The number of nitrogens with one attached hydrogen (secondary N) is 1. The molecule has 1 aromatic rings. The average molecular weight is 330 g/mol. The molecular formula is C13H16BrNO4. The van der Waals surface area contributed by atoms with Gasteiger partial charge in [0.1, 0.15) is 11.8 Å². The van der Waals surface area contributed by atoms with Crippen LogP contribution in [0.2, 0.25) is 0 Å². The topological polar surface area (TPSA) is 75.6 Å². The van der Waals surface area contributed by atoms with Gasteiger partial charge in [0, 0.05) is 0 Å². The van der Waals surface area contributed by atoms with E-state index in [0.29, 0.717) is 5.75 Å². The molecule has 0 aliphatic heterocycles. The SMILES string of the molecule is CCc1ccc(OCC(=O)NC(C)C(=O)O)c(Br)c1. The molecule has 0 bridgehead atoms. The second-order valence-electron chi connectivity index (χ2n) is 4.03. The van der Waals surface area contributed by atoms with Gasteiger partial charge in [0.05, 0.1) is 4.47 Å². The summed E-state index contributed by atoms with van der Waals surface area (Å²) < 4.78 is 6.10. The van der Waals surface area contributed by atoms with Crippen LogP contribution in [0.4, 0.5) is 0 Å². The molecule has 0 saturated carbocycles. The smallest absolute Gasteiger partial charge is 0.325 e. The van der Waals surface area contributed by atoms with E-state index in [1.54, 1.807) is 6.07 Å². The first kappa shape index (κ1) is 15.5. The lowest BCUT2D eigenvalue weighted by Crippen LogP contribution is -2.40. The molecule has 104 valence electrons. The van der Waals surface area contributed by atoms with E-state index in [0.717, 1.165) is 16.5 Å². The van der Waals surface area contributed by atoms with E-state index in [2.05, 4.69) is 21.2 Å². The molecule has 1 atom stereocenters. The number of aryl methyl sites for hydroxylation is 1. The van der Waals surface area contributed by atoms with Crippen molar-refractivity contribution >= 4 is 27.8 Å². The third-order valence-electron chi connectivity index (χ3n) is 2.51. The summed E-state index contributed by atoms with van der Waals surface area (Å²) >= 11 is 3.36. The second-order valence-corrected chi connectivity index (χ2v) is 4.89. The monoisotopic (exact) mass is 329 g/mol. The Morgan fingerprint density at radius 2 is 2.16 bits per heavy atom. The zero-order valence-electron chi connectivity index (χ0n) is 10.8. The summed E-state index contributed by atoms with van der Waals surface area (Å²) in [6.07, 6.45) is 0.912. The lowest BCUT2D eigenvalue weighted by molar-refractivity contribution is -0.141. The van der Waals surface area contributed by atoms with Gasteiger partial charge in [0.15, 0.2) is 6.61 Å². The van der Waals surface area contributed by atoms with Crippen molar-refractivity contribution in [3.63, 3.8) is 0 Å². The quantitative estimate of drug-likeness (QED) is 0.836. The van der Waals surface area contributed by atoms with Crippen molar-refractivity contribution in [1.82, 2.24) is 5.32 Å². The fourth-order valence-corrected chi connectivity index (χ4v) is 1.91. The van der Waals surface area contributed by atoms with Gasteiger partial charge >= 0.3 is 5.97 Å². The zero-order valence-corrected chi connectivity index (χ0v) is 12.4. The van der Waals surface area contributed by atoms with Crippen LogP contribution in [0, 0.1) is 0 Å². The number of ether oxygens (including phenoxy) is 1. The van der Waals surface area contributed by atoms with Crippen LogP contribution in [0.1, 0.15) is 19.4 Å². The molecule has 0 radical (unpaired) electrons. The molecule has 0 spiro atoms. The summed E-state index contributed by atoms with van der Waals surface area (Å²) in [6, 6.07) is 4.68. The van der Waals surface area contributed by atoms with Crippen molar-refractivity contribution in [2.75, 3.05) is 6.61 Å². The minimum absolute atomic E-state index is 0.221. The summed E-state index contributed by atoms with van der Waals surface area (Å²) in [5, 5.41) is 11.0. The predicted molar refractivity (Wildman–Crippen MR) is 74.3 cm³/mol. The van der Waals surface area contributed by atoms with E-state index in [9.17, 15) is 9.59 Å². The van der Waals surface area contributed by atoms with Crippen LogP contribution in [0.15, 0.2) is 22.7 Å². The van der Waals surface area contributed by atoms with Gasteiger partial charge in [-0.1, -0.05) is 13.0 Å². The Morgan fingerprint density at radius 3 is 2.68 bits per heavy atom. The number of aliphatic carboxylic acids is 1. The molecule has 0 aliphatic carbocycles. The molecule has 0 aliphatic rings. The Morgan fingerprint density at radius 1 is 1.47 bits per heavy atom. The summed E-state index contributed by atoms with van der Waals surface area (Å²) in [7, 11) is 0. The fraction of sp³-hybridized carbons (Fsp3) is 0.385. The van der Waals surface area contributed by atoms with Crippen molar-refractivity contribution in [3.8, 4) is 5.75 Å². The van der Waals surface area contributed by atoms with Crippen molar-refractivity contribution < 1.29 is 19.4 Å². The molecule has 2 N–H and O–H groups in total. The van der Waals surface area contributed by atoms with Crippen LogP contribution in [0.3, 0.4) is 0 Å². The Labute approximate surface area is 120 Å². The zero-order chi connectivity index (χ0) is 14.4. The highest BCUT2D eigenvalue weighted by molar-refractivity contribution is 9.10. The summed E-state index contributed by atoms with van der Waals surface area (Å²) in [5.74, 6) is -1.00. The molecule has 0 saturated heterocycles. The van der Waals surface area contributed by atoms with Gasteiger partial charge in [-0.15, -0.1) is 0 Å². The number of halogens is 1. The van der Waals surface area contributed by atoms with E-state index in [1.165, 1.54) is 6.92 Å². The number of carbonyl (C=O) groups excluding carboxylic acids is 1. The number of carboxylic acid groups (broad SMARTS) is 1. The number of carbonyl (C=O) groups is 2. The van der Waals surface area contributed by atoms with Crippen molar-refractivity contribution in [2.24, 2.45) is 0 Å². The maximum atomic E-state index is 11.5. The van der Waals surface area contributed by atoms with E-state index < -0.39 is 17.9 Å². The lowest BCUT2D eigenvalue weighted by atomic mass is 10.2. The molecule has 6 heteroatoms. The number of amides is 1. The Hall–Kier alpha value is -1.56. The number of rotatable bonds is 6. The molecule has 0 fully saturated rings. The van der Waals surface area contributed by atoms with Gasteiger partial charge < -0.3 is 15.2 Å². The molecule has 5 nitrogen and oxygen atoms in total. The van der Waals surface area contributed by atoms with Gasteiger partial charge in [-0.3, -0.25) is 9.59 Å². The van der Waals surface area contributed by atoms with Gasteiger partial charge in [-0.05, 0) is 47.0 Å². The summed E-state index contributed by atoms with van der Waals surface area (Å²) in [6.45, 7) is 3.22. The highest BCUT2D eigenvalue weighted by atomic mass is 79.9. The van der Waals surface area contributed by atoms with E-state index in [-0.39, 0.29) is 6.61 Å². The number of hydrogen-bond donors (Lipinski definition) is 2. The van der Waals surface area contributed by atoms with Gasteiger partial charge in [0.25, 0.3) is 5.91 Å². The third kappa shape index (κ3) is 4.90. The fourth-order valence-electron chi connectivity index (χ4n) is 1.37. The summed E-state index contributed by atoms with van der Waals surface area (Å²) in [5.41, 5.74) is 1.16. The largest absolute Gasteiger partial charge is 0.483 e. The number of hydrogen-bond acceptors (Lipinski definition) is 3. The van der Waals surface area contributed by atoms with Crippen LogP contribution in [0.25, 0.3) is 0 Å². The number of carboxylic acids is 1. The minimum Gasteiger partial charge on any atom is -0.483 e. The van der Waals surface area contributed by atoms with Crippen LogP contribution >= 0.6 is 15.9 Å². The third-order valence-corrected chi connectivity index (χ3v) is 3.13. The molecule has 19 heavy (non-hydrogen) atoms. The van der Waals surface area contributed by atoms with E-state index in [4.69, 9.17) is 9.84 Å². The van der Waals surface area contributed by atoms with Crippen molar-refractivity contribution in [2.45, 2.75) is 26.3 Å². The van der Waals surface area contributed by atoms with Gasteiger partial charge in [-0.2, -0.15) is 0 Å². The van der Waals surface area contributed by atoms with Gasteiger partial charge in [0.2, 0.25) is 0 Å². The van der Waals surface area contributed by atoms with Crippen LogP contribution in [-0.4, -0.2) is 29.6 Å². The van der Waals surface area contributed by atoms with Crippen LogP contribution in [-0.2, 0) is 16.0 Å². The van der Waals surface area contributed by atoms with Gasteiger partial charge in [-0.25, -0.2) is 0 Å². The first-order valence-electron chi connectivity index (χ1n) is 5.87. The van der Waals surface area contributed by atoms with Crippen LogP contribution in [0.5, 0.6) is 5.75 Å². The maximum absolute atomic E-state index is 11.5. The normalized spacial score (nSPS) is 11.7. The second kappa shape index (κ2) is 7.13. The molecule has 1 aromatic carbocycles. The molecular weight excluding hydrogens is 314 g/mol. The molecule has 1 unspecified atom stereocenters. The Bertz CT molecular complexity index is 476. The summed E-state index contributed by atoms with van der Waals surface area (Å²) in [4.78, 5) is 22.0. The number of benzene rings is 1. The predicted octanol–water partition coefficient (Wildman–Crippen LogP) is 1.98. The molecule has 1 rings (SSSR count). The van der Waals surface area contributed by atoms with Crippen molar-refractivity contribution in [1.29, 1.82) is 0 Å².